The van der Waals surface area contributed by atoms with E-state index in [2.05, 4.69) is 10.3 Å². The fourth-order valence-electron chi connectivity index (χ4n) is 4.25. The molecule has 1 aliphatic heterocycles. The number of nitrogens with zero attached hydrogens (tertiary/aromatic N) is 2. The summed E-state index contributed by atoms with van der Waals surface area (Å²) in [6.07, 6.45) is -4.85. The van der Waals surface area contributed by atoms with Crippen molar-refractivity contribution in [2.24, 2.45) is 0 Å². The van der Waals surface area contributed by atoms with Gasteiger partial charge in [0, 0.05) is 11.9 Å². The van der Waals surface area contributed by atoms with Gasteiger partial charge in [-0.1, -0.05) is 12.1 Å². The molecule has 0 radical (unpaired) electrons. The van der Waals surface area contributed by atoms with Crippen LogP contribution in [0.3, 0.4) is 0 Å². The Balaban J connectivity index is 1.74. The number of amides is 1. The van der Waals surface area contributed by atoms with Crippen molar-refractivity contribution in [3.63, 3.8) is 0 Å². The molecule has 0 saturated carbocycles. The van der Waals surface area contributed by atoms with Crippen molar-refractivity contribution in [1.29, 1.82) is 0 Å². The van der Waals surface area contributed by atoms with E-state index in [-0.39, 0.29) is 31.9 Å². The monoisotopic (exact) mass is 543 g/mol. The van der Waals surface area contributed by atoms with Crippen molar-refractivity contribution >= 4 is 33.1 Å². The number of pyridine rings is 1. The Morgan fingerprint density at radius 3 is 2.27 bits per heavy atom. The molecule has 3 heterocycles. The van der Waals surface area contributed by atoms with Gasteiger partial charge in [0.05, 0.1) is 11.3 Å². The maximum Gasteiger partial charge on any atom is 0.280 e. The topological polar surface area (TPSA) is 45.2 Å². The lowest BCUT2D eigenvalue weighted by molar-refractivity contribution is 0.0664. The number of thiophene rings is 1. The minimum atomic E-state index is -2.92. The summed E-state index contributed by atoms with van der Waals surface area (Å²) in [4.78, 5) is 18.1. The number of benzene rings is 2. The number of aryl methyl sites for hydroxylation is 1. The Bertz CT molecular complexity index is 1560. The molecular weight excluding hydrogens is 530 g/mol. The van der Waals surface area contributed by atoms with Crippen molar-refractivity contribution in [1.82, 2.24) is 9.88 Å². The summed E-state index contributed by atoms with van der Waals surface area (Å²) in [5.41, 5.74) is -1.55. The molecule has 1 aliphatic rings. The maximum atomic E-state index is 14.9. The Hall–Kier alpha value is -3.74. The fraction of sp³-hybridized carbons (Fsp3) is 0.167. The standard InChI is InChI=1S/C24H13F8N3OS/c1-8-5-11(21(31)32)33-23-12(8)19-20(37-23)24(36)35(7-9-3-2-4-10(25)6-9)22(34-19)13-14(26)16(28)18(30)17(29)15(13)27/h2-6,21-22,34H,7H2,1H3. The zero-order valence-electron chi connectivity index (χ0n) is 18.5. The lowest BCUT2D eigenvalue weighted by atomic mass is 10.0. The van der Waals surface area contributed by atoms with Gasteiger partial charge >= 0.3 is 0 Å². The molecule has 0 spiro atoms. The summed E-state index contributed by atoms with van der Waals surface area (Å²) in [5.74, 6) is -12.7. The molecule has 1 N–H and O–H groups in total. The third kappa shape index (κ3) is 3.97. The van der Waals surface area contributed by atoms with Crippen molar-refractivity contribution < 1.29 is 39.9 Å². The van der Waals surface area contributed by atoms with E-state index in [1.807, 2.05) is 0 Å². The van der Waals surface area contributed by atoms with Gasteiger partial charge in [0.15, 0.2) is 23.3 Å². The molecule has 4 aromatic rings. The van der Waals surface area contributed by atoms with Gasteiger partial charge in [-0.05, 0) is 36.2 Å². The molecule has 37 heavy (non-hydrogen) atoms. The Morgan fingerprint density at radius 2 is 1.65 bits per heavy atom. The highest BCUT2D eigenvalue weighted by Gasteiger charge is 2.41. The number of carbonyl (C=O) groups excluding carboxylic acids is 1. The number of nitrogens with one attached hydrogen (secondary N) is 1. The number of halogens is 8. The van der Waals surface area contributed by atoms with Crippen LogP contribution in [0.2, 0.25) is 0 Å². The first-order valence-electron chi connectivity index (χ1n) is 10.5. The number of hydrogen-bond donors (Lipinski definition) is 1. The van der Waals surface area contributed by atoms with Gasteiger partial charge in [-0.2, -0.15) is 0 Å². The molecule has 192 valence electrons. The lowest BCUT2D eigenvalue weighted by Gasteiger charge is -2.37. The normalized spacial score (nSPS) is 15.5. The summed E-state index contributed by atoms with van der Waals surface area (Å²) in [7, 11) is 0. The van der Waals surface area contributed by atoms with E-state index in [0.717, 1.165) is 34.4 Å². The Morgan fingerprint density at radius 1 is 1.00 bits per heavy atom. The number of carbonyl (C=O) groups is 1. The Labute approximate surface area is 207 Å². The zero-order chi connectivity index (χ0) is 26.8. The largest absolute Gasteiger partial charge is 0.359 e. The van der Waals surface area contributed by atoms with Crippen LogP contribution in [-0.4, -0.2) is 15.8 Å². The number of aromatic nitrogens is 1. The first-order valence-corrected chi connectivity index (χ1v) is 11.4. The average molecular weight is 543 g/mol. The van der Waals surface area contributed by atoms with Gasteiger partial charge in [-0.3, -0.25) is 4.79 Å². The molecule has 0 fully saturated rings. The highest BCUT2D eigenvalue weighted by atomic mass is 32.1. The predicted molar refractivity (Wildman–Crippen MR) is 118 cm³/mol. The van der Waals surface area contributed by atoms with Gasteiger partial charge < -0.3 is 10.2 Å². The second kappa shape index (κ2) is 8.98. The molecule has 1 unspecified atom stereocenters. The molecule has 0 bridgehead atoms. The van der Waals surface area contributed by atoms with Crippen LogP contribution in [0.1, 0.15) is 44.6 Å². The van der Waals surface area contributed by atoms with Gasteiger partial charge in [0.25, 0.3) is 12.3 Å². The van der Waals surface area contributed by atoms with Crippen LogP contribution < -0.4 is 5.32 Å². The summed E-state index contributed by atoms with van der Waals surface area (Å²) in [6.45, 7) is 0.956. The number of rotatable bonds is 4. The molecule has 4 nitrogen and oxygen atoms in total. The maximum absolute atomic E-state index is 14.9. The summed E-state index contributed by atoms with van der Waals surface area (Å²) in [5, 5.41) is 2.83. The average Bonchev–Trinajstić information content (AvgIpc) is 3.23. The smallest absolute Gasteiger partial charge is 0.280 e. The third-order valence-electron chi connectivity index (χ3n) is 5.91. The van der Waals surface area contributed by atoms with Crippen LogP contribution in [0.4, 0.5) is 40.8 Å². The van der Waals surface area contributed by atoms with Crippen LogP contribution in [0.25, 0.3) is 10.2 Å². The van der Waals surface area contributed by atoms with Crippen LogP contribution in [0, 0.1) is 41.8 Å². The van der Waals surface area contributed by atoms with E-state index in [1.54, 1.807) is 0 Å². The molecule has 13 heteroatoms. The Kier molecular flexibility index (Phi) is 6.05. The minimum Gasteiger partial charge on any atom is -0.359 e. The number of alkyl halides is 2. The molecule has 2 aromatic carbocycles. The highest BCUT2D eigenvalue weighted by molar-refractivity contribution is 7.21. The number of fused-ring (bicyclic) bond motifs is 3. The number of hydrogen-bond acceptors (Lipinski definition) is 4. The summed E-state index contributed by atoms with van der Waals surface area (Å²) >= 11 is 0.718. The van der Waals surface area contributed by atoms with Crippen LogP contribution in [0.15, 0.2) is 30.3 Å². The highest BCUT2D eigenvalue weighted by Crippen LogP contribution is 2.46. The summed E-state index contributed by atoms with van der Waals surface area (Å²) < 4.78 is 112. The minimum absolute atomic E-state index is 0.00455. The van der Waals surface area contributed by atoms with Crippen molar-refractivity contribution in [3.8, 4) is 0 Å². The van der Waals surface area contributed by atoms with E-state index < -0.39 is 71.2 Å². The van der Waals surface area contributed by atoms with Crippen molar-refractivity contribution in [3.05, 3.63) is 92.5 Å². The predicted octanol–water partition coefficient (Wildman–Crippen LogP) is 7.14. The SMILES string of the molecule is Cc1cc(C(F)F)nc2sc3c(c12)NC(c1c(F)c(F)c(F)c(F)c1F)N(Cc1cccc(F)c1)C3=O. The molecule has 0 saturated heterocycles. The molecule has 2 aromatic heterocycles. The van der Waals surface area contributed by atoms with Crippen LogP contribution in [0.5, 0.6) is 0 Å². The first-order chi connectivity index (χ1) is 17.5. The molecule has 5 rings (SSSR count). The van der Waals surface area contributed by atoms with E-state index in [9.17, 15) is 39.9 Å². The molecule has 1 amide bonds. The number of anilines is 1. The molecular formula is C24H13F8N3OS. The zero-order valence-corrected chi connectivity index (χ0v) is 19.3. The second-order valence-electron chi connectivity index (χ2n) is 8.24. The first kappa shape index (κ1) is 24.9. The van der Waals surface area contributed by atoms with Crippen LogP contribution >= 0.6 is 11.3 Å². The second-order valence-corrected chi connectivity index (χ2v) is 9.24. The van der Waals surface area contributed by atoms with Gasteiger partial charge in [0.1, 0.15) is 27.4 Å². The van der Waals surface area contributed by atoms with Gasteiger partial charge in [-0.15, -0.1) is 11.3 Å². The van der Waals surface area contributed by atoms with Gasteiger partial charge in [0.2, 0.25) is 5.82 Å². The third-order valence-corrected chi connectivity index (χ3v) is 6.98. The fourth-order valence-corrected chi connectivity index (χ4v) is 5.43. The quantitative estimate of drug-likeness (QED) is 0.169. The van der Waals surface area contributed by atoms with E-state index in [4.69, 9.17) is 0 Å². The molecule has 0 aliphatic carbocycles. The lowest BCUT2D eigenvalue weighted by Crippen LogP contribution is -2.43. The molecule has 1 atom stereocenters. The van der Waals surface area contributed by atoms with E-state index in [0.29, 0.717) is 0 Å². The van der Waals surface area contributed by atoms with Gasteiger partial charge in [-0.25, -0.2) is 40.1 Å². The van der Waals surface area contributed by atoms with Crippen molar-refractivity contribution in [2.75, 3.05) is 5.32 Å². The van der Waals surface area contributed by atoms with E-state index >= 15 is 0 Å². The van der Waals surface area contributed by atoms with Crippen LogP contribution in [-0.2, 0) is 6.54 Å². The summed E-state index contributed by atoms with van der Waals surface area (Å²) in [6, 6.07) is 5.92. The van der Waals surface area contributed by atoms with E-state index in [1.165, 1.54) is 19.1 Å². The van der Waals surface area contributed by atoms with Crippen molar-refractivity contribution in [2.45, 2.75) is 26.1 Å².